The zero-order chi connectivity index (χ0) is 23.9. The average Bonchev–Trinajstić information content (AvgIpc) is 3.56. The van der Waals surface area contributed by atoms with Gasteiger partial charge < -0.3 is 5.11 Å². The van der Waals surface area contributed by atoms with Crippen molar-refractivity contribution in [3.8, 4) is 20.9 Å². The van der Waals surface area contributed by atoms with Crippen LogP contribution < -0.4 is 0 Å². The van der Waals surface area contributed by atoms with Crippen LogP contribution in [0, 0.1) is 13.8 Å². The molecule has 3 aromatic heterocycles. The Morgan fingerprint density at radius 3 is 2.24 bits per heavy atom. The summed E-state index contributed by atoms with van der Waals surface area (Å²) >= 11 is 3.46. The standard InChI is InChI=1S/C28H29N3OS2/c1-17-13-18(2)31-27(30-17)33-16-22-14-25(21-9-12-24(29-15-21)19-5-6-19)34-26(22)20-7-10-23(11-8-20)28(3,4)32/h7-15,19,32H,5-6,16H2,1-4H3. The number of aromatic nitrogens is 3. The van der Waals surface area contributed by atoms with E-state index in [1.807, 2.05) is 52.1 Å². The Kier molecular flexibility index (Phi) is 6.32. The molecule has 0 radical (unpaired) electrons. The number of aryl methyl sites for hydroxylation is 2. The van der Waals surface area contributed by atoms with Gasteiger partial charge in [0.15, 0.2) is 5.16 Å². The van der Waals surface area contributed by atoms with Gasteiger partial charge in [-0.25, -0.2) is 9.97 Å². The number of hydrogen-bond donors (Lipinski definition) is 1. The molecule has 1 aliphatic rings. The van der Waals surface area contributed by atoms with Crippen molar-refractivity contribution in [3.05, 3.63) is 82.9 Å². The van der Waals surface area contributed by atoms with Gasteiger partial charge in [0.25, 0.3) is 0 Å². The third-order valence-electron chi connectivity index (χ3n) is 6.05. The average molecular weight is 488 g/mol. The Bertz CT molecular complexity index is 1280. The van der Waals surface area contributed by atoms with Gasteiger partial charge in [-0.05, 0) is 75.4 Å². The topological polar surface area (TPSA) is 58.9 Å². The van der Waals surface area contributed by atoms with Crippen molar-refractivity contribution >= 4 is 23.1 Å². The first-order valence-corrected chi connectivity index (χ1v) is 13.4. The molecule has 4 nitrogen and oxygen atoms in total. The number of thiophene rings is 1. The van der Waals surface area contributed by atoms with Gasteiger partial charge in [-0.3, -0.25) is 4.98 Å². The second-order valence-corrected chi connectivity index (χ2v) is 11.6. The van der Waals surface area contributed by atoms with E-state index in [-0.39, 0.29) is 0 Å². The smallest absolute Gasteiger partial charge is 0.188 e. The molecular weight excluding hydrogens is 458 g/mol. The molecule has 34 heavy (non-hydrogen) atoms. The predicted molar refractivity (Wildman–Crippen MR) is 141 cm³/mol. The van der Waals surface area contributed by atoms with Crippen LogP contribution in [0.1, 0.15) is 60.8 Å². The lowest BCUT2D eigenvalue weighted by Crippen LogP contribution is -2.14. The van der Waals surface area contributed by atoms with Gasteiger partial charge in [0, 0.05) is 50.3 Å². The Hall–Kier alpha value is -2.54. The van der Waals surface area contributed by atoms with Crippen molar-refractivity contribution in [2.24, 2.45) is 0 Å². The van der Waals surface area contributed by atoms with E-state index in [1.54, 1.807) is 23.1 Å². The SMILES string of the molecule is Cc1cc(C)nc(SCc2cc(-c3ccc(C4CC4)nc3)sc2-c2ccc(C(C)(C)O)cc2)n1. The van der Waals surface area contributed by atoms with Crippen molar-refractivity contribution < 1.29 is 5.11 Å². The number of rotatable bonds is 7. The summed E-state index contributed by atoms with van der Waals surface area (Å²) < 4.78 is 0. The van der Waals surface area contributed by atoms with E-state index in [2.05, 4.69) is 40.3 Å². The Morgan fingerprint density at radius 2 is 1.65 bits per heavy atom. The molecule has 1 saturated carbocycles. The van der Waals surface area contributed by atoms with Gasteiger partial charge in [0.2, 0.25) is 0 Å². The van der Waals surface area contributed by atoms with Gasteiger partial charge in [0.1, 0.15) is 0 Å². The lowest BCUT2D eigenvalue weighted by atomic mass is 9.97. The predicted octanol–water partition coefficient (Wildman–Crippen LogP) is 7.28. The fourth-order valence-electron chi connectivity index (χ4n) is 4.02. The third-order valence-corrected chi connectivity index (χ3v) is 8.22. The highest BCUT2D eigenvalue weighted by atomic mass is 32.2. The summed E-state index contributed by atoms with van der Waals surface area (Å²) in [6, 6.07) is 16.9. The van der Waals surface area contributed by atoms with E-state index < -0.39 is 5.60 Å². The minimum Gasteiger partial charge on any atom is -0.386 e. The summed E-state index contributed by atoms with van der Waals surface area (Å²) in [5, 5.41) is 11.2. The fourth-order valence-corrected chi connectivity index (χ4v) is 6.22. The minimum absolute atomic E-state index is 0.659. The van der Waals surface area contributed by atoms with Crippen molar-refractivity contribution in [2.75, 3.05) is 0 Å². The van der Waals surface area contributed by atoms with Crippen LogP contribution in [-0.2, 0) is 11.4 Å². The monoisotopic (exact) mass is 487 g/mol. The summed E-state index contributed by atoms with van der Waals surface area (Å²) in [6.45, 7) is 7.65. The molecule has 0 saturated heterocycles. The zero-order valence-electron chi connectivity index (χ0n) is 20.0. The number of hydrogen-bond acceptors (Lipinski definition) is 6. The molecule has 0 atom stereocenters. The van der Waals surface area contributed by atoms with E-state index >= 15 is 0 Å². The van der Waals surface area contributed by atoms with Crippen LogP contribution in [0.2, 0.25) is 0 Å². The van der Waals surface area contributed by atoms with Crippen LogP contribution in [-0.4, -0.2) is 20.1 Å². The summed E-state index contributed by atoms with van der Waals surface area (Å²) in [7, 11) is 0. The van der Waals surface area contributed by atoms with Crippen LogP contribution in [0.15, 0.2) is 59.9 Å². The van der Waals surface area contributed by atoms with Crippen molar-refractivity contribution in [3.63, 3.8) is 0 Å². The normalized spacial score (nSPS) is 13.9. The second-order valence-electron chi connectivity index (χ2n) is 9.57. The van der Waals surface area contributed by atoms with Crippen LogP contribution in [0.3, 0.4) is 0 Å². The highest BCUT2D eigenvalue weighted by Gasteiger charge is 2.25. The van der Waals surface area contributed by atoms with Crippen LogP contribution >= 0.6 is 23.1 Å². The zero-order valence-corrected chi connectivity index (χ0v) is 21.6. The van der Waals surface area contributed by atoms with Crippen molar-refractivity contribution in [1.29, 1.82) is 0 Å². The molecule has 1 aromatic carbocycles. The first-order chi connectivity index (χ1) is 16.3. The summed E-state index contributed by atoms with van der Waals surface area (Å²) in [4.78, 5) is 16.4. The quantitative estimate of drug-likeness (QED) is 0.219. The molecule has 6 heteroatoms. The number of pyridine rings is 1. The number of nitrogens with zero attached hydrogens (tertiary/aromatic N) is 3. The van der Waals surface area contributed by atoms with Crippen LogP contribution in [0.25, 0.3) is 20.9 Å². The van der Waals surface area contributed by atoms with E-state index in [9.17, 15) is 5.11 Å². The van der Waals surface area contributed by atoms with E-state index in [1.165, 1.54) is 33.9 Å². The first kappa shape index (κ1) is 23.2. The maximum atomic E-state index is 10.4. The van der Waals surface area contributed by atoms with E-state index in [0.29, 0.717) is 5.92 Å². The lowest BCUT2D eigenvalue weighted by Gasteiger charge is -2.17. The van der Waals surface area contributed by atoms with Crippen LogP contribution in [0.5, 0.6) is 0 Å². The molecule has 174 valence electrons. The molecule has 0 unspecified atom stereocenters. The van der Waals surface area contributed by atoms with Gasteiger partial charge in [0.05, 0.1) is 5.60 Å². The molecule has 1 N–H and O–H groups in total. The van der Waals surface area contributed by atoms with Gasteiger partial charge >= 0.3 is 0 Å². The maximum absolute atomic E-state index is 10.4. The molecule has 3 heterocycles. The lowest BCUT2D eigenvalue weighted by molar-refractivity contribution is 0.0786. The molecule has 0 amide bonds. The summed E-state index contributed by atoms with van der Waals surface area (Å²) in [6.07, 6.45) is 4.54. The highest BCUT2D eigenvalue weighted by molar-refractivity contribution is 7.98. The molecule has 1 aliphatic carbocycles. The second kappa shape index (κ2) is 9.25. The fraction of sp³-hybridized carbons (Fsp3) is 0.321. The molecule has 0 spiro atoms. The van der Waals surface area contributed by atoms with Gasteiger partial charge in [-0.2, -0.15) is 0 Å². The van der Waals surface area contributed by atoms with E-state index in [4.69, 9.17) is 4.98 Å². The van der Waals surface area contributed by atoms with Gasteiger partial charge in [-0.1, -0.05) is 42.1 Å². The van der Waals surface area contributed by atoms with Gasteiger partial charge in [-0.15, -0.1) is 11.3 Å². The maximum Gasteiger partial charge on any atom is 0.188 e. The minimum atomic E-state index is -0.854. The Morgan fingerprint density at radius 1 is 0.971 bits per heavy atom. The largest absolute Gasteiger partial charge is 0.386 e. The molecular formula is C28H29N3OS2. The number of aliphatic hydroxyl groups is 1. The molecule has 1 fully saturated rings. The van der Waals surface area contributed by atoms with Crippen molar-refractivity contribution in [2.45, 2.75) is 63.0 Å². The van der Waals surface area contributed by atoms with Crippen LogP contribution in [0.4, 0.5) is 0 Å². The summed E-state index contributed by atoms with van der Waals surface area (Å²) in [5.74, 6) is 1.45. The molecule has 0 aliphatic heterocycles. The summed E-state index contributed by atoms with van der Waals surface area (Å²) in [5.41, 5.74) is 6.82. The Balaban J connectivity index is 1.48. The first-order valence-electron chi connectivity index (χ1n) is 11.6. The number of benzene rings is 1. The Labute approximate surface area is 209 Å². The highest BCUT2D eigenvalue weighted by Crippen LogP contribution is 2.42. The third kappa shape index (κ3) is 5.24. The molecule has 5 rings (SSSR count). The number of thioether (sulfide) groups is 1. The van der Waals surface area contributed by atoms with E-state index in [0.717, 1.165) is 39.0 Å². The van der Waals surface area contributed by atoms with Crippen molar-refractivity contribution in [1.82, 2.24) is 15.0 Å². The molecule has 0 bridgehead atoms. The molecule has 4 aromatic rings.